The molecule has 0 aromatic rings. The van der Waals surface area contributed by atoms with Gasteiger partial charge in [0.15, 0.2) is 0 Å². The Morgan fingerprint density at radius 1 is 0.958 bits per heavy atom. The first kappa shape index (κ1) is 23.3. The molecule has 0 spiro atoms. The minimum atomic E-state index is -1.69. The molecule has 24 heavy (non-hydrogen) atoms. The van der Waals surface area contributed by atoms with Crippen LogP contribution in [0.4, 0.5) is 0 Å². The van der Waals surface area contributed by atoms with Gasteiger partial charge in [-0.3, -0.25) is 4.79 Å². The van der Waals surface area contributed by atoms with Crippen molar-refractivity contribution < 1.29 is 30.3 Å². The predicted octanol–water partition coefficient (Wildman–Crippen LogP) is -0.267. The monoisotopic (exact) mass is 349 g/mol. The zero-order chi connectivity index (χ0) is 19.3. The molecular formula is C17H35NO6. The van der Waals surface area contributed by atoms with E-state index in [1.54, 1.807) is 0 Å². The van der Waals surface area contributed by atoms with Crippen LogP contribution >= 0.6 is 0 Å². The van der Waals surface area contributed by atoms with Crippen molar-refractivity contribution >= 4 is 5.91 Å². The van der Waals surface area contributed by atoms with Crippen LogP contribution in [0.3, 0.4) is 0 Å². The Morgan fingerprint density at radius 3 is 1.83 bits per heavy atom. The normalized spacial score (nSPS) is 18.0. The van der Waals surface area contributed by atoms with E-state index < -0.39 is 31.0 Å². The Balaban J connectivity index is 4.64. The average molecular weight is 349 g/mol. The van der Waals surface area contributed by atoms with Gasteiger partial charge in [0, 0.05) is 20.0 Å². The van der Waals surface area contributed by atoms with E-state index in [0.29, 0.717) is 6.42 Å². The van der Waals surface area contributed by atoms with Gasteiger partial charge in [-0.15, -0.1) is 0 Å². The van der Waals surface area contributed by atoms with E-state index in [1.807, 2.05) is 13.8 Å². The largest absolute Gasteiger partial charge is 0.394 e. The van der Waals surface area contributed by atoms with Crippen molar-refractivity contribution in [1.82, 2.24) is 4.90 Å². The fourth-order valence-corrected chi connectivity index (χ4v) is 3.10. The first-order valence-corrected chi connectivity index (χ1v) is 8.27. The minimum absolute atomic E-state index is 0.0859. The number of aliphatic hydroxyl groups is 5. The van der Waals surface area contributed by atoms with Gasteiger partial charge >= 0.3 is 0 Å². The van der Waals surface area contributed by atoms with Crippen LogP contribution in [-0.4, -0.2) is 81.0 Å². The zero-order valence-corrected chi connectivity index (χ0v) is 15.7. The van der Waals surface area contributed by atoms with Crippen molar-refractivity contribution in [3.8, 4) is 0 Å². The molecule has 0 aromatic carbocycles. The van der Waals surface area contributed by atoms with Crippen LogP contribution in [0.1, 0.15) is 47.5 Å². The highest BCUT2D eigenvalue weighted by atomic mass is 16.4. The van der Waals surface area contributed by atoms with Crippen molar-refractivity contribution in [2.24, 2.45) is 10.8 Å². The predicted molar refractivity (Wildman–Crippen MR) is 91.2 cm³/mol. The van der Waals surface area contributed by atoms with Crippen LogP contribution in [-0.2, 0) is 4.79 Å². The van der Waals surface area contributed by atoms with E-state index in [9.17, 15) is 25.2 Å². The van der Waals surface area contributed by atoms with Crippen LogP contribution in [0.25, 0.3) is 0 Å². The number of carbonyl (C=O) groups excluding carboxylic acids is 1. The molecule has 0 rings (SSSR count). The van der Waals surface area contributed by atoms with Crippen molar-refractivity contribution in [2.45, 2.75) is 71.9 Å². The number of amides is 1. The number of aliphatic hydroxyl groups excluding tert-OH is 5. The number of hydrogen-bond donors (Lipinski definition) is 5. The van der Waals surface area contributed by atoms with E-state index in [-0.39, 0.29) is 23.3 Å². The molecule has 0 aliphatic heterocycles. The van der Waals surface area contributed by atoms with Gasteiger partial charge in [-0.25, -0.2) is 0 Å². The Bertz CT molecular complexity index is 393. The van der Waals surface area contributed by atoms with Gasteiger partial charge in [-0.1, -0.05) is 34.6 Å². The SMILES string of the molecule is CN(CC(O)C(O)C(O)C(O)CO)C(=O)CC(C)(C)CC(C)(C)C. The molecule has 7 heteroatoms. The van der Waals surface area contributed by atoms with Crippen LogP contribution in [0.5, 0.6) is 0 Å². The highest BCUT2D eigenvalue weighted by molar-refractivity contribution is 5.76. The van der Waals surface area contributed by atoms with Gasteiger partial charge in [0.2, 0.25) is 5.91 Å². The zero-order valence-electron chi connectivity index (χ0n) is 15.7. The van der Waals surface area contributed by atoms with Crippen molar-refractivity contribution in [1.29, 1.82) is 0 Å². The molecule has 0 radical (unpaired) electrons. The van der Waals surface area contributed by atoms with Crippen LogP contribution in [0.15, 0.2) is 0 Å². The molecule has 0 aliphatic rings. The first-order chi connectivity index (χ1) is 10.7. The third-order valence-electron chi connectivity index (χ3n) is 3.85. The van der Waals surface area contributed by atoms with Crippen LogP contribution < -0.4 is 0 Å². The lowest BCUT2D eigenvalue weighted by Crippen LogP contribution is -2.50. The van der Waals surface area contributed by atoms with Crippen LogP contribution in [0, 0.1) is 10.8 Å². The van der Waals surface area contributed by atoms with Crippen molar-refractivity contribution in [2.75, 3.05) is 20.2 Å². The fraction of sp³-hybridized carbons (Fsp3) is 0.941. The lowest BCUT2D eigenvalue weighted by molar-refractivity contribution is -0.139. The van der Waals surface area contributed by atoms with E-state index in [4.69, 9.17) is 5.11 Å². The highest BCUT2D eigenvalue weighted by Crippen LogP contribution is 2.36. The second kappa shape index (κ2) is 9.10. The molecule has 0 bridgehead atoms. The third-order valence-corrected chi connectivity index (χ3v) is 3.85. The maximum absolute atomic E-state index is 12.3. The molecule has 4 atom stereocenters. The molecule has 1 amide bonds. The topological polar surface area (TPSA) is 121 Å². The van der Waals surface area contributed by atoms with E-state index >= 15 is 0 Å². The maximum atomic E-state index is 12.3. The van der Waals surface area contributed by atoms with Gasteiger partial charge in [-0.05, 0) is 17.3 Å². The molecule has 0 aliphatic carbocycles. The summed E-state index contributed by atoms with van der Waals surface area (Å²) in [5, 5.41) is 47.4. The molecule has 0 saturated heterocycles. The quantitative estimate of drug-likeness (QED) is 0.391. The number of rotatable bonds is 9. The smallest absolute Gasteiger partial charge is 0.222 e. The number of likely N-dealkylation sites (N-methyl/N-ethyl adjacent to an activating group) is 1. The van der Waals surface area contributed by atoms with E-state index in [1.165, 1.54) is 11.9 Å². The van der Waals surface area contributed by atoms with Gasteiger partial charge in [-0.2, -0.15) is 0 Å². The number of hydrogen-bond acceptors (Lipinski definition) is 6. The molecule has 0 saturated carbocycles. The van der Waals surface area contributed by atoms with Crippen molar-refractivity contribution in [3.05, 3.63) is 0 Å². The molecule has 7 nitrogen and oxygen atoms in total. The molecule has 0 heterocycles. The molecule has 0 fully saturated rings. The Labute approximate surface area is 144 Å². The summed E-state index contributed by atoms with van der Waals surface area (Å²) in [6, 6.07) is 0. The molecule has 4 unspecified atom stereocenters. The molecule has 144 valence electrons. The van der Waals surface area contributed by atoms with Gasteiger partial charge < -0.3 is 30.4 Å². The average Bonchev–Trinajstić information content (AvgIpc) is 2.41. The summed E-state index contributed by atoms with van der Waals surface area (Å²) in [7, 11) is 1.51. The summed E-state index contributed by atoms with van der Waals surface area (Å²) >= 11 is 0. The second-order valence-electron chi connectivity index (χ2n) is 8.65. The summed E-state index contributed by atoms with van der Waals surface area (Å²) in [5.74, 6) is -0.173. The van der Waals surface area contributed by atoms with Gasteiger partial charge in [0.25, 0.3) is 0 Å². The summed E-state index contributed by atoms with van der Waals surface area (Å²) in [5.41, 5.74) is -0.123. The fourth-order valence-electron chi connectivity index (χ4n) is 3.10. The summed E-state index contributed by atoms with van der Waals surface area (Å²) in [6.45, 7) is 9.43. The Hall–Kier alpha value is -0.730. The standard InChI is InChI=1S/C17H35NO6/c1-16(2,3)10-17(4,5)7-13(22)18(6)8-11(20)14(23)15(24)12(21)9-19/h11-12,14-15,19-21,23-24H,7-10H2,1-6H3. The second-order valence-corrected chi connectivity index (χ2v) is 8.65. The lowest BCUT2D eigenvalue weighted by atomic mass is 9.74. The Kier molecular flexibility index (Phi) is 8.83. The van der Waals surface area contributed by atoms with Crippen molar-refractivity contribution in [3.63, 3.8) is 0 Å². The molecule has 0 aromatic heterocycles. The van der Waals surface area contributed by atoms with Gasteiger partial charge in [0.05, 0.1) is 6.61 Å². The highest BCUT2D eigenvalue weighted by Gasteiger charge is 2.33. The number of nitrogens with zero attached hydrogens (tertiary/aromatic N) is 1. The maximum Gasteiger partial charge on any atom is 0.222 e. The third kappa shape index (κ3) is 8.39. The molecule has 5 N–H and O–H groups in total. The summed E-state index contributed by atoms with van der Waals surface area (Å²) in [4.78, 5) is 13.6. The first-order valence-electron chi connectivity index (χ1n) is 8.27. The van der Waals surface area contributed by atoms with E-state index in [2.05, 4.69) is 20.8 Å². The summed E-state index contributed by atoms with van der Waals surface area (Å²) < 4.78 is 0. The summed E-state index contributed by atoms with van der Waals surface area (Å²) in [6.07, 6.45) is -5.18. The Morgan fingerprint density at radius 2 is 1.42 bits per heavy atom. The molecular weight excluding hydrogens is 314 g/mol. The lowest BCUT2D eigenvalue weighted by Gasteiger charge is -2.34. The van der Waals surface area contributed by atoms with E-state index in [0.717, 1.165) is 6.42 Å². The van der Waals surface area contributed by atoms with Gasteiger partial charge in [0.1, 0.15) is 24.4 Å². The number of carbonyl (C=O) groups is 1. The van der Waals surface area contributed by atoms with Crippen LogP contribution in [0.2, 0.25) is 0 Å². The minimum Gasteiger partial charge on any atom is -0.394 e.